The predicted octanol–water partition coefficient (Wildman–Crippen LogP) is 2.26. The van der Waals surface area contributed by atoms with Crippen molar-refractivity contribution in [2.45, 2.75) is 19.3 Å². The van der Waals surface area contributed by atoms with E-state index in [1.165, 1.54) is 6.92 Å². The Balaban J connectivity index is 1.76. The highest BCUT2D eigenvalue weighted by molar-refractivity contribution is 6.03. The number of para-hydroxylation sites is 2. The first-order valence-corrected chi connectivity index (χ1v) is 8.03. The summed E-state index contributed by atoms with van der Waals surface area (Å²) in [5.41, 5.74) is 7.84. The fourth-order valence-corrected chi connectivity index (χ4v) is 3.20. The molecule has 1 aliphatic heterocycles. The summed E-state index contributed by atoms with van der Waals surface area (Å²) in [5, 5.41) is 2.75. The lowest BCUT2D eigenvalue weighted by molar-refractivity contribution is -0.118. The molecule has 1 heterocycles. The number of nitrogens with zero attached hydrogens (tertiary/aromatic N) is 1. The zero-order valence-electron chi connectivity index (χ0n) is 13.9. The number of anilines is 2. The van der Waals surface area contributed by atoms with Crippen LogP contribution in [0.1, 0.15) is 35.2 Å². The van der Waals surface area contributed by atoms with Gasteiger partial charge in [-0.2, -0.15) is 0 Å². The van der Waals surface area contributed by atoms with Crippen molar-refractivity contribution in [2.24, 2.45) is 5.73 Å². The van der Waals surface area contributed by atoms with Crippen molar-refractivity contribution in [2.75, 3.05) is 16.8 Å². The smallest absolute Gasteiger partial charge is 0.250 e. The third-order valence-electron chi connectivity index (χ3n) is 4.35. The Morgan fingerprint density at radius 1 is 1.12 bits per heavy atom. The van der Waals surface area contributed by atoms with Gasteiger partial charge >= 0.3 is 0 Å². The van der Waals surface area contributed by atoms with Gasteiger partial charge in [0.05, 0.1) is 11.3 Å². The number of carbonyl (C=O) groups is 3. The second-order valence-corrected chi connectivity index (χ2v) is 6.05. The number of nitrogens with two attached hydrogens (primary N) is 1. The molecule has 3 amide bonds. The van der Waals surface area contributed by atoms with Gasteiger partial charge in [0.25, 0.3) is 5.91 Å². The number of nitrogens with one attached hydrogen (secondary N) is 1. The average Bonchev–Trinajstić information content (AvgIpc) is 2.94. The van der Waals surface area contributed by atoms with Crippen molar-refractivity contribution in [3.63, 3.8) is 0 Å². The zero-order valence-corrected chi connectivity index (χ0v) is 13.9. The Morgan fingerprint density at radius 3 is 2.52 bits per heavy atom. The molecule has 25 heavy (non-hydrogen) atoms. The molecule has 2 aromatic carbocycles. The third-order valence-corrected chi connectivity index (χ3v) is 4.35. The van der Waals surface area contributed by atoms with E-state index < -0.39 is 5.91 Å². The number of carbonyl (C=O) groups excluding carboxylic acids is 3. The lowest BCUT2D eigenvalue weighted by Crippen LogP contribution is -2.28. The SMILES string of the molecule is CC(=O)N1CC(CC(=O)Nc2ccccc2C(N)=O)c2ccccc21. The molecule has 0 spiro atoms. The van der Waals surface area contributed by atoms with Crippen molar-refractivity contribution < 1.29 is 14.4 Å². The maximum Gasteiger partial charge on any atom is 0.250 e. The second kappa shape index (κ2) is 6.76. The molecule has 0 saturated heterocycles. The summed E-state index contributed by atoms with van der Waals surface area (Å²) in [7, 11) is 0. The number of hydrogen-bond donors (Lipinski definition) is 2. The number of amides is 3. The molecule has 3 N–H and O–H groups in total. The highest BCUT2D eigenvalue weighted by atomic mass is 16.2. The Kier molecular flexibility index (Phi) is 4.52. The van der Waals surface area contributed by atoms with E-state index in [0.29, 0.717) is 12.2 Å². The minimum Gasteiger partial charge on any atom is -0.366 e. The first-order valence-electron chi connectivity index (χ1n) is 8.03. The third kappa shape index (κ3) is 3.38. The molecule has 0 fully saturated rings. The van der Waals surface area contributed by atoms with Crippen LogP contribution in [0.15, 0.2) is 48.5 Å². The van der Waals surface area contributed by atoms with Gasteiger partial charge in [0, 0.05) is 31.5 Å². The molecule has 0 saturated carbocycles. The number of primary amides is 1. The average molecular weight is 337 g/mol. The lowest BCUT2D eigenvalue weighted by Gasteiger charge is -2.15. The van der Waals surface area contributed by atoms with Crippen molar-refractivity contribution in [3.05, 3.63) is 59.7 Å². The quantitative estimate of drug-likeness (QED) is 0.896. The Morgan fingerprint density at radius 2 is 1.80 bits per heavy atom. The summed E-state index contributed by atoms with van der Waals surface area (Å²) in [6, 6.07) is 14.2. The van der Waals surface area contributed by atoms with Gasteiger partial charge in [-0.15, -0.1) is 0 Å². The van der Waals surface area contributed by atoms with Crippen LogP contribution in [0.2, 0.25) is 0 Å². The molecule has 0 aliphatic carbocycles. The first-order chi connectivity index (χ1) is 12.0. The monoisotopic (exact) mass is 337 g/mol. The molecule has 1 unspecified atom stereocenters. The molecule has 2 aromatic rings. The second-order valence-electron chi connectivity index (χ2n) is 6.05. The summed E-state index contributed by atoms with van der Waals surface area (Å²) in [5.74, 6) is -0.945. The fraction of sp³-hybridized carbons (Fsp3) is 0.211. The van der Waals surface area contributed by atoms with Gasteiger partial charge in [0.2, 0.25) is 11.8 Å². The highest BCUT2D eigenvalue weighted by Crippen LogP contribution is 2.38. The topological polar surface area (TPSA) is 92.5 Å². The van der Waals surface area contributed by atoms with Crippen molar-refractivity contribution >= 4 is 29.1 Å². The van der Waals surface area contributed by atoms with Gasteiger partial charge in [-0.25, -0.2) is 0 Å². The summed E-state index contributed by atoms with van der Waals surface area (Å²) >= 11 is 0. The Labute approximate surface area is 145 Å². The molecule has 6 heteroatoms. The normalized spacial score (nSPS) is 15.6. The molecule has 128 valence electrons. The van der Waals surface area contributed by atoms with Crippen LogP contribution in [-0.4, -0.2) is 24.3 Å². The van der Waals surface area contributed by atoms with E-state index in [1.54, 1.807) is 29.2 Å². The molecule has 0 bridgehead atoms. The molecule has 1 atom stereocenters. The van der Waals surface area contributed by atoms with Crippen LogP contribution in [0, 0.1) is 0 Å². The van der Waals surface area contributed by atoms with Crippen LogP contribution >= 0.6 is 0 Å². The van der Waals surface area contributed by atoms with Gasteiger partial charge < -0.3 is 16.0 Å². The van der Waals surface area contributed by atoms with E-state index in [9.17, 15) is 14.4 Å². The van der Waals surface area contributed by atoms with E-state index in [1.807, 2.05) is 24.3 Å². The summed E-state index contributed by atoms with van der Waals surface area (Å²) in [6.07, 6.45) is 0.216. The molecular weight excluding hydrogens is 318 g/mol. The van der Waals surface area contributed by atoms with Crippen LogP contribution in [0.3, 0.4) is 0 Å². The van der Waals surface area contributed by atoms with Gasteiger partial charge in [-0.1, -0.05) is 30.3 Å². The Bertz CT molecular complexity index is 847. The van der Waals surface area contributed by atoms with E-state index in [2.05, 4.69) is 5.32 Å². The summed E-state index contributed by atoms with van der Waals surface area (Å²) in [6.45, 7) is 1.99. The number of hydrogen-bond acceptors (Lipinski definition) is 3. The van der Waals surface area contributed by atoms with Crippen molar-refractivity contribution in [1.29, 1.82) is 0 Å². The highest BCUT2D eigenvalue weighted by Gasteiger charge is 2.31. The maximum atomic E-state index is 12.5. The van der Waals surface area contributed by atoms with Crippen LogP contribution in [0.25, 0.3) is 0 Å². The molecule has 0 aromatic heterocycles. The van der Waals surface area contributed by atoms with Crippen molar-refractivity contribution in [1.82, 2.24) is 0 Å². The van der Waals surface area contributed by atoms with Crippen LogP contribution in [0.4, 0.5) is 11.4 Å². The summed E-state index contributed by atoms with van der Waals surface area (Å²) in [4.78, 5) is 37.4. The predicted molar refractivity (Wildman–Crippen MR) is 95.4 cm³/mol. The fourth-order valence-electron chi connectivity index (χ4n) is 3.20. The van der Waals surface area contributed by atoms with E-state index in [4.69, 9.17) is 5.73 Å². The number of benzene rings is 2. The lowest BCUT2D eigenvalue weighted by atomic mass is 9.97. The van der Waals surface area contributed by atoms with Crippen LogP contribution in [0.5, 0.6) is 0 Å². The van der Waals surface area contributed by atoms with Crippen LogP contribution < -0.4 is 16.0 Å². The van der Waals surface area contributed by atoms with E-state index in [-0.39, 0.29) is 29.7 Å². The first kappa shape index (κ1) is 16.7. The standard InChI is InChI=1S/C19H19N3O3/c1-12(23)22-11-13(14-6-3-5-9-17(14)22)10-18(24)21-16-8-4-2-7-15(16)19(20)25/h2-9,13H,10-11H2,1H3,(H2,20,25)(H,21,24). The van der Waals surface area contributed by atoms with Crippen molar-refractivity contribution in [3.8, 4) is 0 Å². The molecular formula is C19H19N3O3. The number of fused-ring (bicyclic) bond motifs is 1. The van der Waals surface area contributed by atoms with Crippen LogP contribution in [-0.2, 0) is 9.59 Å². The van der Waals surface area contributed by atoms with Gasteiger partial charge in [0.1, 0.15) is 0 Å². The van der Waals surface area contributed by atoms with Gasteiger partial charge in [-0.3, -0.25) is 14.4 Å². The van der Waals surface area contributed by atoms with E-state index in [0.717, 1.165) is 11.3 Å². The minimum absolute atomic E-state index is 0.0468. The molecule has 0 radical (unpaired) electrons. The Hall–Kier alpha value is -3.15. The summed E-state index contributed by atoms with van der Waals surface area (Å²) < 4.78 is 0. The number of rotatable bonds is 4. The molecule has 1 aliphatic rings. The molecule has 3 rings (SSSR count). The zero-order chi connectivity index (χ0) is 18.0. The van der Waals surface area contributed by atoms with Gasteiger partial charge in [-0.05, 0) is 23.8 Å². The maximum absolute atomic E-state index is 12.5. The molecule has 6 nitrogen and oxygen atoms in total. The van der Waals surface area contributed by atoms with E-state index >= 15 is 0 Å². The largest absolute Gasteiger partial charge is 0.366 e. The minimum atomic E-state index is -0.593. The van der Waals surface area contributed by atoms with Gasteiger partial charge in [0.15, 0.2) is 0 Å².